The summed E-state index contributed by atoms with van der Waals surface area (Å²) in [6.45, 7) is 4.07. The lowest BCUT2D eigenvalue weighted by molar-refractivity contribution is 0.102. The SMILES string of the molecule is Cc1ccc(-c2cc(C(=O)Nc3ccccc3Cl)nn2-c2ccccc2C)cc1. The number of hydrogen-bond donors (Lipinski definition) is 1. The molecule has 0 aliphatic heterocycles. The Balaban J connectivity index is 1.79. The van der Waals surface area contributed by atoms with Gasteiger partial charge in [0.25, 0.3) is 5.91 Å². The Hall–Kier alpha value is -3.37. The second-order valence-corrected chi connectivity index (χ2v) is 7.32. The molecule has 144 valence electrons. The average molecular weight is 402 g/mol. The number of hydrogen-bond acceptors (Lipinski definition) is 2. The van der Waals surface area contributed by atoms with Crippen molar-refractivity contribution in [2.24, 2.45) is 0 Å². The van der Waals surface area contributed by atoms with E-state index in [1.165, 1.54) is 5.56 Å². The fourth-order valence-corrected chi connectivity index (χ4v) is 3.34. The van der Waals surface area contributed by atoms with E-state index in [2.05, 4.69) is 10.4 Å². The molecule has 4 aromatic rings. The third-order valence-electron chi connectivity index (χ3n) is 4.76. The minimum Gasteiger partial charge on any atom is -0.319 e. The van der Waals surface area contributed by atoms with E-state index in [0.29, 0.717) is 16.4 Å². The van der Waals surface area contributed by atoms with E-state index in [0.717, 1.165) is 22.5 Å². The van der Waals surface area contributed by atoms with Crippen molar-refractivity contribution in [3.63, 3.8) is 0 Å². The van der Waals surface area contributed by atoms with Gasteiger partial charge in [-0.3, -0.25) is 4.79 Å². The molecule has 0 aliphatic rings. The van der Waals surface area contributed by atoms with Gasteiger partial charge < -0.3 is 5.32 Å². The highest BCUT2D eigenvalue weighted by molar-refractivity contribution is 6.33. The third-order valence-corrected chi connectivity index (χ3v) is 5.08. The Bertz CT molecular complexity index is 1180. The second kappa shape index (κ2) is 7.94. The van der Waals surface area contributed by atoms with Crippen LogP contribution >= 0.6 is 11.6 Å². The molecule has 0 saturated carbocycles. The molecule has 1 heterocycles. The molecule has 0 fully saturated rings. The van der Waals surface area contributed by atoms with Gasteiger partial charge in [-0.15, -0.1) is 0 Å². The number of benzene rings is 3. The van der Waals surface area contributed by atoms with Crippen LogP contribution in [0, 0.1) is 13.8 Å². The molecular weight excluding hydrogens is 382 g/mol. The first kappa shape index (κ1) is 19.0. The number of halogens is 1. The molecule has 1 N–H and O–H groups in total. The van der Waals surface area contributed by atoms with Crippen molar-refractivity contribution in [3.05, 3.63) is 101 Å². The molecule has 1 aromatic heterocycles. The van der Waals surface area contributed by atoms with Crippen LogP contribution in [0.4, 0.5) is 5.69 Å². The van der Waals surface area contributed by atoms with Crippen molar-refractivity contribution in [1.82, 2.24) is 9.78 Å². The Morgan fingerprint density at radius 3 is 2.34 bits per heavy atom. The van der Waals surface area contributed by atoms with Gasteiger partial charge in [0.05, 0.1) is 22.1 Å². The minimum absolute atomic E-state index is 0.307. The number of amides is 1. The molecule has 0 atom stereocenters. The zero-order chi connectivity index (χ0) is 20.4. The molecule has 0 bridgehead atoms. The Morgan fingerprint density at radius 1 is 0.931 bits per heavy atom. The lowest BCUT2D eigenvalue weighted by Gasteiger charge is -2.10. The van der Waals surface area contributed by atoms with E-state index in [-0.39, 0.29) is 5.91 Å². The molecule has 0 aliphatic carbocycles. The van der Waals surface area contributed by atoms with Crippen LogP contribution in [0.2, 0.25) is 5.02 Å². The van der Waals surface area contributed by atoms with Gasteiger partial charge in [0.15, 0.2) is 5.69 Å². The highest BCUT2D eigenvalue weighted by atomic mass is 35.5. The predicted octanol–water partition coefficient (Wildman–Crippen LogP) is 6.06. The van der Waals surface area contributed by atoms with Gasteiger partial charge >= 0.3 is 0 Å². The zero-order valence-electron chi connectivity index (χ0n) is 16.2. The van der Waals surface area contributed by atoms with Crippen molar-refractivity contribution in [2.75, 3.05) is 5.32 Å². The number of para-hydroxylation sites is 2. The molecule has 29 heavy (non-hydrogen) atoms. The lowest BCUT2D eigenvalue weighted by atomic mass is 10.1. The summed E-state index contributed by atoms with van der Waals surface area (Å²) in [5, 5.41) is 7.96. The van der Waals surface area contributed by atoms with Crippen LogP contribution in [0.5, 0.6) is 0 Å². The largest absolute Gasteiger partial charge is 0.319 e. The number of carbonyl (C=O) groups is 1. The summed E-state index contributed by atoms with van der Waals surface area (Å²) in [4.78, 5) is 12.9. The standard InChI is InChI=1S/C24H20ClN3O/c1-16-11-13-18(14-12-16)23-15-21(24(29)26-20-9-5-4-8-19(20)25)27-28(23)22-10-6-3-7-17(22)2/h3-15H,1-2H3,(H,26,29). The second-order valence-electron chi connectivity index (χ2n) is 6.91. The van der Waals surface area contributed by atoms with Crippen LogP contribution in [0.25, 0.3) is 16.9 Å². The molecule has 1 amide bonds. The van der Waals surface area contributed by atoms with Crippen molar-refractivity contribution in [2.45, 2.75) is 13.8 Å². The van der Waals surface area contributed by atoms with E-state index in [4.69, 9.17) is 11.6 Å². The van der Waals surface area contributed by atoms with Gasteiger partial charge in [0.1, 0.15) is 0 Å². The number of rotatable bonds is 4. The summed E-state index contributed by atoms with van der Waals surface area (Å²) in [7, 11) is 0. The molecule has 0 unspecified atom stereocenters. The first-order valence-electron chi connectivity index (χ1n) is 9.32. The van der Waals surface area contributed by atoms with Crippen LogP contribution in [0.15, 0.2) is 78.9 Å². The van der Waals surface area contributed by atoms with E-state index < -0.39 is 0 Å². The first-order chi connectivity index (χ1) is 14.0. The number of anilines is 1. The van der Waals surface area contributed by atoms with Crippen LogP contribution in [0.3, 0.4) is 0 Å². The monoisotopic (exact) mass is 401 g/mol. The van der Waals surface area contributed by atoms with Gasteiger partial charge in [-0.25, -0.2) is 4.68 Å². The zero-order valence-corrected chi connectivity index (χ0v) is 16.9. The smallest absolute Gasteiger partial charge is 0.276 e. The van der Waals surface area contributed by atoms with Gasteiger partial charge in [0, 0.05) is 5.56 Å². The van der Waals surface area contributed by atoms with Crippen molar-refractivity contribution in [3.8, 4) is 16.9 Å². The summed E-state index contributed by atoms with van der Waals surface area (Å²) < 4.78 is 1.82. The minimum atomic E-state index is -0.307. The molecule has 3 aromatic carbocycles. The molecule has 5 heteroatoms. The number of nitrogens with zero attached hydrogens (tertiary/aromatic N) is 2. The van der Waals surface area contributed by atoms with Crippen LogP contribution in [-0.4, -0.2) is 15.7 Å². The molecule has 0 radical (unpaired) electrons. The maximum absolute atomic E-state index is 12.9. The summed E-state index contributed by atoms with van der Waals surface area (Å²) in [6.07, 6.45) is 0. The number of carbonyl (C=O) groups excluding carboxylic acids is 1. The van der Waals surface area contributed by atoms with Crippen LogP contribution in [-0.2, 0) is 0 Å². The molecule has 4 nitrogen and oxygen atoms in total. The van der Waals surface area contributed by atoms with E-state index in [1.54, 1.807) is 12.1 Å². The molecule has 0 saturated heterocycles. The Kier molecular flexibility index (Phi) is 5.19. The Morgan fingerprint density at radius 2 is 1.62 bits per heavy atom. The number of aryl methyl sites for hydroxylation is 2. The van der Waals surface area contributed by atoms with Crippen molar-refractivity contribution in [1.29, 1.82) is 0 Å². The number of aromatic nitrogens is 2. The van der Waals surface area contributed by atoms with Crippen molar-refractivity contribution >= 4 is 23.2 Å². The normalized spacial score (nSPS) is 10.7. The maximum atomic E-state index is 12.9. The first-order valence-corrected chi connectivity index (χ1v) is 9.70. The van der Waals surface area contributed by atoms with Gasteiger partial charge in [0.2, 0.25) is 0 Å². The third kappa shape index (κ3) is 3.93. The summed E-state index contributed by atoms with van der Waals surface area (Å²) in [5.74, 6) is -0.307. The quantitative estimate of drug-likeness (QED) is 0.451. The van der Waals surface area contributed by atoms with Gasteiger partial charge in [-0.1, -0.05) is 71.8 Å². The van der Waals surface area contributed by atoms with E-state index in [9.17, 15) is 4.79 Å². The topological polar surface area (TPSA) is 46.9 Å². The maximum Gasteiger partial charge on any atom is 0.276 e. The molecular formula is C24H20ClN3O. The van der Waals surface area contributed by atoms with Crippen molar-refractivity contribution < 1.29 is 4.79 Å². The van der Waals surface area contributed by atoms with E-state index >= 15 is 0 Å². The summed E-state index contributed by atoms with van der Waals surface area (Å²) in [5.41, 5.74) is 5.89. The average Bonchev–Trinajstić information content (AvgIpc) is 3.16. The van der Waals surface area contributed by atoms with Crippen LogP contribution < -0.4 is 5.32 Å². The predicted molar refractivity (Wildman–Crippen MR) is 118 cm³/mol. The Labute approximate surface area is 174 Å². The number of nitrogens with one attached hydrogen (secondary N) is 1. The van der Waals surface area contributed by atoms with Crippen LogP contribution in [0.1, 0.15) is 21.6 Å². The summed E-state index contributed by atoms with van der Waals surface area (Å²) in [6, 6.07) is 25.1. The van der Waals surface area contributed by atoms with Gasteiger partial charge in [-0.05, 0) is 43.7 Å². The fraction of sp³-hybridized carbons (Fsp3) is 0.0833. The lowest BCUT2D eigenvalue weighted by Crippen LogP contribution is -2.13. The highest BCUT2D eigenvalue weighted by Gasteiger charge is 2.18. The highest BCUT2D eigenvalue weighted by Crippen LogP contribution is 2.27. The summed E-state index contributed by atoms with van der Waals surface area (Å²) >= 11 is 6.18. The fourth-order valence-electron chi connectivity index (χ4n) is 3.16. The van der Waals surface area contributed by atoms with Gasteiger partial charge in [-0.2, -0.15) is 5.10 Å². The van der Waals surface area contributed by atoms with E-state index in [1.807, 2.05) is 85.3 Å². The molecule has 0 spiro atoms. The molecule has 4 rings (SSSR count).